The molecule has 3 rings (SSSR count). The standard InChI is InChI=1S/C19H25N3OS/c1-15(18-8-5-13-24-18)19(23)22(14-16-6-2-3-11-21-16)17-7-4-10-20-12-9-17/h2-3,5-6,8,11,13,15,17,20H,4,7,9-10,12,14H2,1H3/t15-,17-/m1/s1. The second-order valence-corrected chi connectivity index (χ2v) is 7.34. The van der Waals surface area contributed by atoms with Gasteiger partial charge in [0.2, 0.25) is 5.91 Å². The Balaban J connectivity index is 1.81. The van der Waals surface area contributed by atoms with Gasteiger partial charge in [0.1, 0.15) is 0 Å². The molecule has 1 amide bonds. The second-order valence-electron chi connectivity index (χ2n) is 6.36. The summed E-state index contributed by atoms with van der Waals surface area (Å²) in [5, 5.41) is 5.48. The number of nitrogens with zero attached hydrogens (tertiary/aromatic N) is 2. The number of aromatic nitrogens is 1. The Morgan fingerprint density at radius 2 is 2.25 bits per heavy atom. The van der Waals surface area contributed by atoms with Gasteiger partial charge < -0.3 is 10.2 Å². The molecule has 2 aromatic heterocycles. The molecule has 2 aromatic rings. The van der Waals surface area contributed by atoms with Gasteiger partial charge in [-0.1, -0.05) is 12.1 Å². The Kier molecular flexibility index (Phi) is 5.99. The smallest absolute Gasteiger partial charge is 0.231 e. The van der Waals surface area contributed by atoms with Gasteiger partial charge >= 0.3 is 0 Å². The first-order chi connectivity index (χ1) is 11.8. The lowest BCUT2D eigenvalue weighted by molar-refractivity contribution is -0.135. The highest BCUT2D eigenvalue weighted by Gasteiger charge is 2.29. The van der Waals surface area contributed by atoms with Crippen molar-refractivity contribution in [2.75, 3.05) is 13.1 Å². The minimum atomic E-state index is -0.0927. The highest BCUT2D eigenvalue weighted by Crippen LogP contribution is 2.26. The van der Waals surface area contributed by atoms with Gasteiger partial charge in [-0.15, -0.1) is 11.3 Å². The number of hydrogen-bond acceptors (Lipinski definition) is 4. The first kappa shape index (κ1) is 17.1. The van der Waals surface area contributed by atoms with Gasteiger partial charge in [0.25, 0.3) is 0 Å². The SMILES string of the molecule is C[C@@H](C(=O)N(Cc1ccccn1)[C@@H]1CCCNCC1)c1cccs1. The molecule has 0 aliphatic carbocycles. The van der Waals surface area contributed by atoms with Gasteiger partial charge in [-0.05, 0) is 62.9 Å². The zero-order chi connectivity index (χ0) is 16.8. The van der Waals surface area contributed by atoms with E-state index in [1.54, 1.807) is 17.5 Å². The van der Waals surface area contributed by atoms with E-state index in [2.05, 4.69) is 21.3 Å². The van der Waals surface area contributed by atoms with Gasteiger partial charge in [0.15, 0.2) is 0 Å². The predicted molar refractivity (Wildman–Crippen MR) is 98.0 cm³/mol. The van der Waals surface area contributed by atoms with Crippen LogP contribution in [0.25, 0.3) is 0 Å². The number of thiophene rings is 1. The third kappa shape index (κ3) is 4.22. The molecule has 0 saturated carbocycles. The number of carbonyl (C=O) groups excluding carboxylic acids is 1. The third-order valence-corrected chi connectivity index (χ3v) is 5.72. The zero-order valence-electron chi connectivity index (χ0n) is 14.1. The molecule has 0 aromatic carbocycles. The molecule has 1 fully saturated rings. The van der Waals surface area contributed by atoms with Crippen LogP contribution in [0.5, 0.6) is 0 Å². The molecular weight excluding hydrogens is 318 g/mol. The first-order valence-corrected chi connectivity index (χ1v) is 9.58. The number of amides is 1. The van der Waals surface area contributed by atoms with Crippen LogP contribution < -0.4 is 5.32 Å². The lowest BCUT2D eigenvalue weighted by Crippen LogP contribution is -2.42. The van der Waals surface area contributed by atoms with E-state index < -0.39 is 0 Å². The van der Waals surface area contributed by atoms with Crippen molar-refractivity contribution in [2.45, 2.75) is 44.7 Å². The van der Waals surface area contributed by atoms with Crippen molar-refractivity contribution in [3.63, 3.8) is 0 Å². The number of carbonyl (C=O) groups is 1. The van der Waals surface area contributed by atoms with Crippen molar-refractivity contribution in [3.8, 4) is 0 Å². The quantitative estimate of drug-likeness (QED) is 0.905. The summed E-state index contributed by atoms with van der Waals surface area (Å²) in [6, 6.07) is 10.3. The molecule has 1 aliphatic rings. The number of pyridine rings is 1. The molecule has 128 valence electrons. The summed E-state index contributed by atoms with van der Waals surface area (Å²) in [4.78, 5) is 20.9. The van der Waals surface area contributed by atoms with Crippen LogP contribution in [0.15, 0.2) is 41.9 Å². The van der Waals surface area contributed by atoms with Crippen molar-refractivity contribution < 1.29 is 4.79 Å². The molecule has 1 aliphatic heterocycles. The molecule has 5 heteroatoms. The van der Waals surface area contributed by atoms with Crippen molar-refractivity contribution >= 4 is 17.2 Å². The van der Waals surface area contributed by atoms with Crippen LogP contribution in [0, 0.1) is 0 Å². The molecule has 1 saturated heterocycles. The highest BCUT2D eigenvalue weighted by molar-refractivity contribution is 7.10. The molecule has 0 bridgehead atoms. The fourth-order valence-corrected chi connectivity index (χ4v) is 4.05. The summed E-state index contributed by atoms with van der Waals surface area (Å²) < 4.78 is 0. The first-order valence-electron chi connectivity index (χ1n) is 8.70. The van der Waals surface area contributed by atoms with E-state index >= 15 is 0 Å². The maximum absolute atomic E-state index is 13.2. The molecule has 3 heterocycles. The Bertz CT molecular complexity index is 621. The fourth-order valence-electron chi connectivity index (χ4n) is 3.27. The van der Waals surface area contributed by atoms with Gasteiger partial charge in [-0.3, -0.25) is 9.78 Å². The molecule has 4 nitrogen and oxygen atoms in total. The Hall–Kier alpha value is -1.72. The van der Waals surface area contributed by atoms with E-state index in [1.165, 1.54) is 0 Å². The van der Waals surface area contributed by atoms with E-state index in [9.17, 15) is 4.79 Å². The summed E-state index contributed by atoms with van der Waals surface area (Å²) in [6.45, 7) is 4.64. The van der Waals surface area contributed by atoms with Crippen molar-refractivity contribution in [2.24, 2.45) is 0 Å². The molecular formula is C19H25N3OS. The molecule has 0 unspecified atom stereocenters. The lowest BCUT2D eigenvalue weighted by atomic mass is 10.0. The largest absolute Gasteiger partial charge is 0.333 e. The Morgan fingerprint density at radius 1 is 1.33 bits per heavy atom. The summed E-state index contributed by atoms with van der Waals surface area (Å²) in [5.41, 5.74) is 0.960. The number of rotatable bonds is 5. The van der Waals surface area contributed by atoms with E-state index in [-0.39, 0.29) is 17.9 Å². The van der Waals surface area contributed by atoms with Crippen molar-refractivity contribution in [1.29, 1.82) is 0 Å². The average molecular weight is 343 g/mol. The number of hydrogen-bond donors (Lipinski definition) is 1. The number of nitrogens with one attached hydrogen (secondary N) is 1. The average Bonchev–Trinajstić information content (AvgIpc) is 3.02. The van der Waals surface area contributed by atoms with E-state index in [4.69, 9.17) is 0 Å². The van der Waals surface area contributed by atoms with Crippen LogP contribution >= 0.6 is 11.3 Å². The zero-order valence-corrected chi connectivity index (χ0v) is 15.0. The molecule has 1 N–H and O–H groups in total. The van der Waals surface area contributed by atoms with Gasteiger partial charge in [0.05, 0.1) is 18.2 Å². The fraction of sp³-hybridized carbons (Fsp3) is 0.474. The summed E-state index contributed by atoms with van der Waals surface area (Å²) in [6.07, 6.45) is 4.98. The molecule has 2 atom stereocenters. The van der Waals surface area contributed by atoms with Crippen LogP contribution in [0.1, 0.15) is 42.7 Å². The summed E-state index contributed by atoms with van der Waals surface area (Å²) in [5.74, 6) is 0.125. The lowest BCUT2D eigenvalue weighted by Gasteiger charge is -2.33. The summed E-state index contributed by atoms with van der Waals surface area (Å²) >= 11 is 1.66. The molecule has 0 radical (unpaired) electrons. The van der Waals surface area contributed by atoms with E-state index in [0.717, 1.165) is 42.9 Å². The van der Waals surface area contributed by atoms with Crippen molar-refractivity contribution in [1.82, 2.24) is 15.2 Å². The van der Waals surface area contributed by atoms with Crippen LogP contribution in [0.3, 0.4) is 0 Å². The predicted octanol–water partition coefficient (Wildman–Crippen LogP) is 3.42. The van der Waals surface area contributed by atoms with Crippen LogP contribution in [-0.4, -0.2) is 34.9 Å². The second kappa shape index (κ2) is 8.40. The monoisotopic (exact) mass is 343 g/mol. The Labute approximate surface area is 147 Å². The van der Waals surface area contributed by atoms with Crippen LogP contribution in [-0.2, 0) is 11.3 Å². The van der Waals surface area contributed by atoms with E-state index in [1.807, 2.05) is 36.6 Å². The van der Waals surface area contributed by atoms with Gasteiger partial charge in [0, 0.05) is 17.1 Å². The maximum atomic E-state index is 13.2. The van der Waals surface area contributed by atoms with Gasteiger partial charge in [-0.2, -0.15) is 0 Å². The Morgan fingerprint density at radius 3 is 3.00 bits per heavy atom. The topological polar surface area (TPSA) is 45.2 Å². The highest BCUT2D eigenvalue weighted by atomic mass is 32.1. The normalized spacial score (nSPS) is 19.5. The summed E-state index contributed by atoms with van der Waals surface area (Å²) in [7, 11) is 0. The van der Waals surface area contributed by atoms with Gasteiger partial charge in [-0.25, -0.2) is 0 Å². The molecule has 0 spiro atoms. The van der Waals surface area contributed by atoms with Crippen LogP contribution in [0.2, 0.25) is 0 Å². The molecule has 24 heavy (non-hydrogen) atoms. The third-order valence-electron chi connectivity index (χ3n) is 4.67. The van der Waals surface area contributed by atoms with Crippen LogP contribution in [0.4, 0.5) is 0 Å². The van der Waals surface area contributed by atoms with Crippen molar-refractivity contribution in [3.05, 3.63) is 52.5 Å². The minimum Gasteiger partial charge on any atom is -0.333 e. The minimum absolute atomic E-state index is 0.0927. The van der Waals surface area contributed by atoms with E-state index in [0.29, 0.717) is 6.54 Å². The maximum Gasteiger partial charge on any atom is 0.231 e.